The number of carbonyl (C=O) groups excluding carboxylic acids is 2. The van der Waals surface area contributed by atoms with E-state index in [2.05, 4.69) is 5.32 Å². The SMILES string of the molecule is CNC(=O)c1ccc(CN(C)C(=O)c2cccc(S(=O)(=O)N3CCCCCC3)c2)cc1. The molecule has 8 heteroatoms. The largest absolute Gasteiger partial charge is 0.355 e. The predicted molar refractivity (Wildman–Crippen MR) is 119 cm³/mol. The van der Waals surface area contributed by atoms with Gasteiger partial charge in [0.1, 0.15) is 0 Å². The molecule has 31 heavy (non-hydrogen) atoms. The van der Waals surface area contributed by atoms with Crippen LogP contribution in [0.4, 0.5) is 0 Å². The highest BCUT2D eigenvalue weighted by Gasteiger charge is 2.26. The van der Waals surface area contributed by atoms with Crippen molar-refractivity contribution >= 4 is 21.8 Å². The van der Waals surface area contributed by atoms with Gasteiger partial charge >= 0.3 is 0 Å². The number of rotatable bonds is 6. The van der Waals surface area contributed by atoms with Gasteiger partial charge in [0.05, 0.1) is 4.90 Å². The second kappa shape index (κ2) is 10.1. The highest BCUT2D eigenvalue weighted by atomic mass is 32.2. The van der Waals surface area contributed by atoms with E-state index >= 15 is 0 Å². The van der Waals surface area contributed by atoms with Crippen LogP contribution < -0.4 is 5.32 Å². The van der Waals surface area contributed by atoms with Gasteiger partial charge in [0.15, 0.2) is 0 Å². The van der Waals surface area contributed by atoms with Crippen LogP contribution in [0.2, 0.25) is 0 Å². The molecule has 2 amide bonds. The van der Waals surface area contributed by atoms with Crippen molar-refractivity contribution in [3.63, 3.8) is 0 Å². The summed E-state index contributed by atoms with van der Waals surface area (Å²) in [4.78, 5) is 26.3. The number of hydrogen-bond acceptors (Lipinski definition) is 4. The zero-order valence-electron chi connectivity index (χ0n) is 18.0. The van der Waals surface area contributed by atoms with E-state index in [-0.39, 0.29) is 16.7 Å². The average molecular weight is 444 g/mol. The van der Waals surface area contributed by atoms with Crippen molar-refractivity contribution in [3.8, 4) is 0 Å². The Bertz CT molecular complexity index is 1030. The third-order valence-corrected chi connectivity index (χ3v) is 7.39. The summed E-state index contributed by atoms with van der Waals surface area (Å²) in [7, 11) is -0.372. The van der Waals surface area contributed by atoms with Crippen molar-refractivity contribution < 1.29 is 18.0 Å². The second-order valence-corrected chi connectivity index (χ2v) is 9.72. The molecule has 0 unspecified atom stereocenters. The van der Waals surface area contributed by atoms with E-state index in [9.17, 15) is 18.0 Å². The fraction of sp³-hybridized carbons (Fsp3) is 0.391. The highest BCUT2D eigenvalue weighted by Crippen LogP contribution is 2.22. The fourth-order valence-corrected chi connectivity index (χ4v) is 5.26. The van der Waals surface area contributed by atoms with E-state index in [1.54, 1.807) is 56.6 Å². The lowest BCUT2D eigenvalue weighted by Crippen LogP contribution is -2.32. The Morgan fingerprint density at radius 2 is 1.61 bits per heavy atom. The zero-order chi connectivity index (χ0) is 22.4. The molecule has 1 aliphatic heterocycles. The number of nitrogens with one attached hydrogen (secondary N) is 1. The molecular formula is C23H29N3O4S. The fourth-order valence-electron chi connectivity index (χ4n) is 3.69. The molecule has 1 fully saturated rings. The predicted octanol–water partition coefficient (Wildman–Crippen LogP) is 2.88. The molecule has 1 heterocycles. The van der Waals surface area contributed by atoms with Crippen molar-refractivity contribution in [3.05, 3.63) is 65.2 Å². The molecule has 2 aromatic carbocycles. The number of hydrogen-bond donors (Lipinski definition) is 1. The molecule has 2 aromatic rings. The van der Waals surface area contributed by atoms with Gasteiger partial charge in [-0.2, -0.15) is 4.31 Å². The molecular weight excluding hydrogens is 414 g/mol. The lowest BCUT2D eigenvalue weighted by Gasteiger charge is -2.21. The zero-order valence-corrected chi connectivity index (χ0v) is 18.8. The smallest absolute Gasteiger partial charge is 0.253 e. The van der Waals surface area contributed by atoms with E-state index in [0.29, 0.717) is 30.8 Å². The number of sulfonamides is 1. The average Bonchev–Trinajstić information content (AvgIpc) is 3.09. The van der Waals surface area contributed by atoms with Crippen molar-refractivity contribution in [1.29, 1.82) is 0 Å². The topological polar surface area (TPSA) is 86.8 Å². The Hall–Kier alpha value is -2.71. The van der Waals surface area contributed by atoms with Crippen LogP contribution >= 0.6 is 0 Å². The Kier molecular flexibility index (Phi) is 7.46. The Labute approximate surface area is 184 Å². The van der Waals surface area contributed by atoms with Crippen LogP contribution in [0, 0.1) is 0 Å². The molecule has 1 aliphatic rings. The summed E-state index contributed by atoms with van der Waals surface area (Å²) in [5.41, 5.74) is 1.75. The first-order chi connectivity index (χ1) is 14.8. The van der Waals surface area contributed by atoms with Crippen LogP contribution in [0.15, 0.2) is 53.4 Å². The lowest BCUT2D eigenvalue weighted by atomic mass is 10.1. The van der Waals surface area contributed by atoms with Gasteiger partial charge in [0.25, 0.3) is 11.8 Å². The van der Waals surface area contributed by atoms with Gasteiger partial charge in [-0.3, -0.25) is 9.59 Å². The van der Waals surface area contributed by atoms with Crippen molar-refractivity contribution in [2.24, 2.45) is 0 Å². The minimum absolute atomic E-state index is 0.156. The number of carbonyl (C=O) groups is 2. The Morgan fingerprint density at radius 1 is 0.968 bits per heavy atom. The molecule has 166 valence electrons. The van der Waals surface area contributed by atoms with Crippen LogP contribution in [-0.4, -0.2) is 56.6 Å². The summed E-state index contributed by atoms with van der Waals surface area (Å²) in [6.07, 6.45) is 3.80. The van der Waals surface area contributed by atoms with Gasteiger partial charge < -0.3 is 10.2 Å². The van der Waals surface area contributed by atoms with Gasteiger partial charge in [-0.05, 0) is 48.7 Å². The van der Waals surface area contributed by atoms with Crippen molar-refractivity contribution in [2.75, 3.05) is 27.2 Å². The molecule has 1 saturated heterocycles. The summed E-state index contributed by atoms with van der Waals surface area (Å²) in [5.74, 6) is -0.429. The first-order valence-corrected chi connectivity index (χ1v) is 11.9. The standard InChI is InChI=1S/C23H29N3O4S/c1-24-22(27)19-12-10-18(11-13-19)17-25(2)23(28)20-8-7-9-21(16-20)31(29,30)26-14-5-3-4-6-15-26/h7-13,16H,3-6,14-15,17H2,1-2H3,(H,24,27). The van der Waals surface area contributed by atoms with Crippen LogP contribution in [0.1, 0.15) is 52.0 Å². The molecule has 0 aliphatic carbocycles. The Balaban J connectivity index is 1.73. The van der Waals surface area contributed by atoms with Crippen LogP contribution in [0.3, 0.4) is 0 Å². The molecule has 0 bridgehead atoms. The molecule has 0 aromatic heterocycles. The van der Waals surface area contributed by atoms with E-state index in [0.717, 1.165) is 31.2 Å². The number of benzene rings is 2. The van der Waals surface area contributed by atoms with E-state index in [4.69, 9.17) is 0 Å². The first-order valence-electron chi connectivity index (χ1n) is 10.5. The minimum Gasteiger partial charge on any atom is -0.355 e. The van der Waals surface area contributed by atoms with Gasteiger partial charge in [0, 0.05) is 44.9 Å². The molecule has 3 rings (SSSR count). The Morgan fingerprint density at radius 3 is 2.23 bits per heavy atom. The van der Waals surface area contributed by atoms with E-state index in [1.807, 2.05) is 0 Å². The monoisotopic (exact) mass is 443 g/mol. The summed E-state index contributed by atoms with van der Waals surface area (Å²) >= 11 is 0. The molecule has 1 N–H and O–H groups in total. The van der Waals surface area contributed by atoms with Crippen LogP contribution in [0.25, 0.3) is 0 Å². The van der Waals surface area contributed by atoms with E-state index < -0.39 is 10.0 Å². The molecule has 0 saturated carbocycles. The number of nitrogens with zero attached hydrogens (tertiary/aromatic N) is 2. The van der Waals surface area contributed by atoms with Gasteiger partial charge in [0.2, 0.25) is 10.0 Å². The van der Waals surface area contributed by atoms with Crippen LogP contribution in [-0.2, 0) is 16.6 Å². The maximum absolute atomic E-state index is 13.1. The summed E-state index contributed by atoms with van der Waals surface area (Å²) in [6, 6.07) is 13.3. The third-order valence-electron chi connectivity index (χ3n) is 5.49. The third kappa shape index (κ3) is 5.51. The molecule has 0 spiro atoms. The van der Waals surface area contributed by atoms with Crippen molar-refractivity contribution in [2.45, 2.75) is 37.1 Å². The molecule has 0 atom stereocenters. The van der Waals surface area contributed by atoms with E-state index in [1.165, 1.54) is 15.3 Å². The van der Waals surface area contributed by atoms with Crippen molar-refractivity contribution in [1.82, 2.24) is 14.5 Å². The lowest BCUT2D eigenvalue weighted by molar-refractivity contribution is 0.0784. The second-order valence-electron chi connectivity index (χ2n) is 7.78. The maximum Gasteiger partial charge on any atom is 0.253 e. The normalized spacial score (nSPS) is 15.2. The summed E-state index contributed by atoms with van der Waals surface area (Å²) in [6.45, 7) is 1.38. The van der Waals surface area contributed by atoms with Gasteiger partial charge in [-0.25, -0.2) is 8.42 Å². The quantitative estimate of drug-likeness (QED) is 0.744. The summed E-state index contributed by atoms with van der Waals surface area (Å²) in [5, 5.41) is 2.57. The van der Waals surface area contributed by atoms with Gasteiger partial charge in [-0.15, -0.1) is 0 Å². The molecule has 7 nitrogen and oxygen atoms in total. The van der Waals surface area contributed by atoms with Gasteiger partial charge in [-0.1, -0.05) is 31.0 Å². The summed E-state index contributed by atoms with van der Waals surface area (Å²) < 4.78 is 27.6. The van der Waals surface area contributed by atoms with Crippen LogP contribution in [0.5, 0.6) is 0 Å². The highest BCUT2D eigenvalue weighted by molar-refractivity contribution is 7.89. The first kappa shape index (κ1) is 23.0. The minimum atomic E-state index is -3.62. The maximum atomic E-state index is 13.1. The number of amides is 2. The molecule has 0 radical (unpaired) electrons.